The second-order valence-corrected chi connectivity index (χ2v) is 6.85. The van der Waals surface area contributed by atoms with Crippen LogP contribution >= 0.6 is 45.2 Å². The highest BCUT2D eigenvalue weighted by molar-refractivity contribution is 14.1. The second-order valence-electron chi connectivity index (χ2n) is 4.44. The van der Waals surface area contributed by atoms with Gasteiger partial charge in [-0.05, 0) is 76.6 Å². The normalized spacial score (nSPS) is 18.8. The molecule has 0 spiro atoms. The number of carbonyl (C=O) groups is 1. The van der Waals surface area contributed by atoms with E-state index in [1.54, 1.807) is 0 Å². The van der Waals surface area contributed by atoms with Crippen molar-refractivity contribution in [2.75, 3.05) is 19.8 Å². The van der Waals surface area contributed by atoms with Crippen LogP contribution in [0.5, 0.6) is 5.75 Å². The Kier molecular flexibility index (Phi) is 6.99. The summed E-state index contributed by atoms with van der Waals surface area (Å²) in [7, 11) is 0. The maximum Gasteiger partial charge on any atom is 0.157 e. The van der Waals surface area contributed by atoms with Crippen molar-refractivity contribution in [1.29, 1.82) is 0 Å². The third kappa shape index (κ3) is 4.81. The van der Waals surface area contributed by atoms with Crippen molar-refractivity contribution in [2.24, 2.45) is 0 Å². The molecule has 20 heavy (non-hydrogen) atoms. The molecule has 1 aromatic rings. The Labute approximate surface area is 145 Å². The van der Waals surface area contributed by atoms with E-state index >= 15 is 0 Å². The predicted molar refractivity (Wildman–Crippen MR) is 92.3 cm³/mol. The maximum atomic E-state index is 11.1. The molecule has 6 heteroatoms. The van der Waals surface area contributed by atoms with Crippen LogP contribution in [0.4, 0.5) is 0 Å². The van der Waals surface area contributed by atoms with Gasteiger partial charge >= 0.3 is 0 Å². The van der Waals surface area contributed by atoms with Crippen molar-refractivity contribution in [3.8, 4) is 5.75 Å². The zero-order valence-electron chi connectivity index (χ0n) is 10.9. The lowest BCUT2D eigenvalue weighted by Gasteiger charge is -2.22. The third-order valence-corrected chi connectivity index (χ3v) is 4.36. The Morgan fingerprint density at radius 1 is 1.30 bits per heavy atom. The van der Waals surface area contributed by atoms with E-state index in [4.69, 9.17) is 14.2 Å². The van der Waals surface area contributed by atoms with Crippen molar-refractivity contribution in [1.82, 2.24) is 0 Å². The molecule has 1 aromatic carbocycles. The van der Waals surface area contributed by atoms with Crippen molar-refractivity contribution >= 4 is 51.5 Å². The topological polar surface area (TPSA) is 44.8 Å². The molecule has 110 valence electrons. The van der Waals surface area contributed by atoms with E-state index in [1.807, 2.05) is 12.1 Å². The van der Waals surface area contributed by atoms with Crippen molar-refractivity contribution in [2.45, 2.75) is 25.6 Å². The van der Waals surface area contributed by atoms with Gasteiger partial charge in [-0.25, -0.2) is 0 Å². The monoisotopic (exact) mass is 502 g/mol. The van der Waals surface area contributed by atoms with Gasteiger partial charge in [0.15, 0.2) is 12.6 Å². The van der Waals surface area contributed by atoms with Gasteiger partial charge in [0.25, 0.3) is 0 Å². The first-order chi connectivity index (χ1) is 9.70. The number of ether oxygens (including phenoxy) is 3. The molecule has 0 aliphatic carbocycles. The van der Waals surface area contributed by atoms with Crippen LogP contribution in [0, 0.1) is 7.14 Å². The van der Waals surface area contributed by atoms with Gasteiger partial charge in [0, 0.05) is 10.2 Å². The van der Waals surface area contributed by atoms with Gasteiger partial charge in [0.2, 0.25) is 0 Å². The van der Waals surface area contributed by atoms with Crippen molar-refractivity contribution in [3.63, 3.8) is 0 Å². The van der Waals surface area contributed by atoms with Gasteiger partial charge in [-0.1, -0.05) is 0 Å². The Bertz CT molecular complexity index is 459. The molecule has 1 saturated heterocycles. The van der Waals surface area contributed by atoms with E-state index in [-0.39, 0.29) is 6.29 Å². The third-order valence-electron chi connectivity index (χ3n) is 2.94. The number of benzene rings is 1. The largest absolute Gasteiger partial charge is 0.489 e. The van der Waals surface area contributed by atoms with Crippen LogP contribution in [-0.4, -0.2) is 32.4 Å². The highest BCUT2D eigenvalue weighted by Gasteiger charge is 2.14. The van der Waals surface area contributed by atoms with Crippen LogP contribution in [0.1, 0.15) is 29.6 Å². The Hall–Kier alpha value is 0.0700. The minimum Gasteiger partial charge on any atom is -0.489 e. The SMILES string of the molecule is O=Cc1cc(I)cc(I)c1OCCOC1CCCCO1. The highest BCUT2D eigenvalue weighted by atomic mass is 127. The molecular formula is C14H16I2O4. The summed E-state index contributed by atoms with van der Waals surface area (Å²) in [5, 5.41) is 0. The standard InChI is InChI=1S/C14H16I2O4/c15-11-7-10(9-17)14(12(16)8-11)20-6-5-19-13-3-1-2-4-18-13/h7-9,13H,1-6H2. The first kappa shape index (κ1) is 16.4. The molecule has 1 atom stereocenters. The van der Waals surface area contributed by atoms with Crippen molar-refractivity contribution < 1.29 is 19.0 Å². The van der Waals surface area contributed by atoms with E-state index in [0.717, 1.165) is 39.3 Å². The zero-order valence-corrected chi connectivity index (χ0v) is 15.3. The lowest BCUT2D eigenvalue weighted by atomic mass is 10.2. The summed E-state index contributed by atoms with van der Waals surface area (Å²) >= 11 is 4.36. The average molecular weight is 502 g/mol. The molecule has 4 nitrogen and oxygen atoms in total. The fourth-order valence-corrected chi connectivity index (χ4v) is 4.03. The maximum absolute atomic E-state index is 11.1. The number of rotatable bonds is 6. The molecule has 0 amide bonds. The summed E-state index contributed by atoms with van der Waals surface area (Å²) in [6.45, 7) is 1.65. The van der Waals surface area contributed by atoms with Gasteiger partial charge in [0.05, 0.1) is 15.7 Å². The predicted octanol–water partition coefficient (Wildman–Crippen LogP) is 3.63. The van der Waals surface area contributed by atoms with Crippen LogP contribution in [-0.2, 0) is 9.47 Å². The average Bonchev–Trinajstić information content (AvgIpc) is 2.45. The first-order valence-electron chi connectivity index (χ1n) is 6.51. The highest BCUT2D eigenvalue weighted by Crippen LogP contribution is 2.27. The minimum atomic E-state index is -0.103. The van der Waals surface area contributed by atoms with E-state index in [2.05, 4.69) is 45.2 Å². The van der Waals surface area contributed by atoms with Crippen LogP contribution in [0.25, 0.3) is 0 Å². The Balaban J connectivity index is 1.83. The summed E-state index contributed by atoms with van der Waals surface area (Å²) < 4.78 is 18.7. The zero-order chi connectivity index (χ0) is 14.4. The quantitative estimate of drug-likeness (QED) is 0.339. The molecule has 1 fully saturated rings. The summed E-state index contributed by atoms with van der Waals surface area (Å²) in [5.74, 6) is 0.633. The molecule has 1 unspecified atom stereocenters. The van der Waals surface area contributed by atoms with Gasteiger partial charge < -0.3 is 14.2 Å². The Morgan fingerprint density at radius 3 is 2.85 bits per heavy atom. The lowest BCUT2D eigenvalue weighted by molar-refractivity contribution is -0.165. The molecule has 1 aliphatic rings. The molecule has 0 saturated carbocycles. The summed E-state index contributed by atoms with van der Waals surface area (Å²) in [4.78, 5) is 11.1. The molecule has 1 aliphatic heterocycles. The Morgan fingerprint density at radius 2 is 2.15 bits per heavy atom. The lowest BCUT2D eigenvalue weighted by Crippen LogP contribution is -2.24. The number of halogens is 2. The summed E-state index contributed by atoms with van der Waals surface area (Å²) in [6.07, 6.45) is 3.93. The van der Waals surface area contributed by atoms with Crippen LogP contribution < -0.4 is 4.74 Å². The van der Waals surface area contributed by atoms with Crippen molar-refractivity contribution in [3.05, 3.63) is 24.8 Å². The number of aldehydes is 1. The van der Waals surface area contributed by atoms with E-state index < -0.39 is 0 Å². The number of hydrogen-bond donors (Lipinski definition) is 0. The molecule has 0 N–H and O–H groups in total. The molecule has 0 bridgehead atoms. The molecule has 0 radical (unpaired) electrons. The molecule has 0 aromatic heterocycles. The summed E-state index contributed by atoms with van der Waals surface area (Å²) in [6, 6.07) is 3.80. The van der Waals surface area contributed by atoms with Gasteiger partial charge in [-0.3, -0.25) is 4.79 Å². The number of hydrogen-bond acceptors (Lipinski definition) is 4. The first-order valence-corrected chi connectivity index (χ1v) is 8.66. The number of carbonyl (C=O) groups excluding carboxylic acids is 1. The van der Waals surface area contributed by atoms with Gasteiger partial charge in [-0.15, -0.1) is 0 Å². The van der Waals surface area contributed by atoms with E-state index in [9.17, 15) is 4.79 Å². The molecule has 1 heterocycles. The van der Waals surface area contributed by atoms with E-state index in [1.165, 1.54) is 0 Å². The molecule has 2 rings (SSSR count). The second kappa shape index (κ2) is 8.50. The molecular weight excluding hydrogens is 486 g/mol. The van der Waals surface area contributed by atoms with Gasteiger partial charge in [-0.2, -0.15) is 0 Å². The van der Waals surface area contributed by atoms with Crippen LogP contribution in [0.3, 0.4) is 0 Å². The van der Waals surface area contributed by atoms with Gasteiger partial charge in [0.1, 0.15) is 12.4 Å². The minimum absolute atomic E-state index is 0.103. The smallest absolute Gasteiger partial charge is 0.157 e. The van der Waals surface area contributed by atoms with Crippen LogP contribution in [0.2, 0.25) is 0 Å². The van der Waals surface area contributed by atoms with Crippen LogP contribution in [0.15, 0.2) is 12.1 Å². The fraction of sp³-hybridized carbons (Fsp3) is 0.500. The fourth-order valence-electron chi connectivity index (χ4n) is 1.99. The van der Waals surface area contributed by atoms with E-state index in [0.29, 0.717) is 24.5 Å². The summed E-state index contributed by atoms with van der Waals surface area (Å²) in [5.41, 5.74) is 0.579.